The Morgan fingerprint density at radius 2 is 1.56 bits per heavy atom. The molecule has 0 bridgehead atoms. The maximum atomic E-state index is 13.6. The summed E-state index contributed by atoms with van der Waals surface area (Å²) in [5.74, 6) is 0.547. The number of aryl methyl sites for hydroxylation is 2. The first kappa shape index (κ1) is 27.5. The molecule has 0 saturated carbocycles. The Labute approximate surface area is 223 Å². The topological polar surface area (TPSA) is 58.6 Å². The van der Waals surface area contributed by atoms with Gasteiger partial charge in [-0.3, -0.25) is 9.59 Å². The van der Waals surface area contributed by atoms with Gasteiger partial charge in [0.15, 0.2) is 6.61 Å². The molecular formula is C30H35BrN2O3. The Kier molecular flexibility index (Phi) is 10.1. The maximum absolute atomic E-state index is 13.6. The largest absolute Gasteiger partial charge is 0.484 e. The summed E-state index contributed by atoms with van der Waals surface area (Å²) in [6.45, 7) is 8.79. The third kappa shape index (κ3) is 8.52. The Bertz CT molecular complexity index is 1130. The first-order valence-corrected chi connectivity index (χ1v) is 13.1. The molecule has 0 heterocycles. The summed E-state index contributed by atoms with van der Waals surface area (Å²) in [5.41, 5.74) is 4.07. The number of ether oxygens (including phenoxy) is 1. The molecule has 190 valence electrons. The average Bonchev–Trinajstić information content (AvgIpc) is 2.84. The van der Waals surface area contributed by atoms with Crippen molar-refractivity contribution in [3.8, 4) is 5.75 Å². The number of amides is 2. The minimum atomic E-state index is -0.676. The second kappa shape index (κ2) is 13.3. The summed E-state index contributed by atoms with van der Waals surface area (Å²) in [4.78, 5) is 28.7. The molecule has 36 heavy (non-hydrogen) atoms. The van der Waals surface area contributed by atoms with Gasteiger partial charge in [-0.2, -0.15) is 0 Å². The van der Waals surface area contributed by atoms with E-state index in [9.17, 15) is 9.59 Å². The molecule has 0 unspecified atom stereocenters. The number of nitrogens with one attached hydrogen (secondary N) is 1. The van der Waals surface area contributed by atoms with E-state index in [-0.39, 0.29) is 18.4 Å². The molecule has 0 saturated heterocycles. The van der Waals surface area contributed by atoms with Crippen LogP contribution in [-0.2, 0) is 22.6 Å². The van der Waals surface area contributed by atoms with Gasteiger partial charge in [-0.05, 0) is 66.3 Å². The Hall–Kier alpha value is -3.12. The van der Waals surface area contributed by atoms with Crippen LogP contribution in [0.5, 0.6) is 5.75 Å². The molecule has 0 radical (unpaired) electrons. The molecule has 3 aromatic rings. The zero-order valence-corrected chi connectivity index (χ0v) is 23.0. The van der Waals surface area contributed by atoms with Gasteiger partial charge in [0.25, 0.3) is 5.91 Å². The lowest BCUT2D eigenvalue weighted by Crippen LogP contribution is -2.52. The Morgan fingerprint density at radius 1 is 0.917 bits per heavy atom. The lowest BCUT2D eigenvalue weighted by molar-refractivity contribution is -0.142. The number of benzene rings is 3. The van der Waals surface area contributed by atoms with E-state index in [1.807, 2.05) is 80.6 Å². The second-order valence-corrected chi connectivity index (χ2v) is 10.5. The number of hydrogen-bond acceptors (Lipinski definition) is 3. The highest BCUT2D eigenvalue weighted by molar-refractivity contribution is 9.10. The first-order valence-electron chi connectivity index (χ1n) is 12.3. The monoisotopic (exact) mass is 550 g/mol. The molecule has 1 atom stereocenters. The van der Waals surface area contributed by atoms with Gasteiger partial charge in [0.2, 0.25) is 5.91 Å². The first-order chi connectivity index (χ1) is 17.2. The van der Waals surface area contributed by atoms with E-state index >= 15 is 0 Å². The predicted molar refractivity (Wildman–Crippen MR) is 148 cm³/mol. The van der Waals surface area contributed by atoms with Crippen molar-refractivity contribution in [1.29, 1.82) is 0 Å². The highest BCUT2D eigenvalue weighted by Crippen LogP contribution is 2.19. The summed E-state index contributed by atoms with van der Waals surface area (Å²) < 4.78 is 6.87. The van der Waals surface area contributed by atoms with E-state index in [2.05, 4.69) is 41.2 Å². The van der Waals surface area contributed by atoms with E-state index in [0.717, 1.165) is 26.7 Å². The second-order valence-electron chi connectivity index (χ2n) is 9.60. The van der Waals surface area contributed by atoms with Crippen LogP contribution in [0.25, 0.3) is 0 Å². The fraction of sp³-hybridized carbons (Fsp3) is 0.333. The highest BCUT2D eigenvalue weighted by Gasteiger charge is 2.30. The lowest BCUT2D eigenvalue weighted by atomic mass is 10.0. The maximum Gasteiger partial charge on any atom is 0.261 e. The number of nitrogens with zero attached hydrogens (tertiary/aromatic N) is 1. The smallest absolute Gasteiger partial charge is 0.261 e. The van der Waals surface area contributed by atoms with Crippen molar-refractivity contribution >= 4 is 27.7 Å². The fourth-order valence-electron chi connectivity index (χ4n) is 4.01. The molecule has 0 spiro atoms. The number of rotatable bonds is 11. The Morgan fingerprint density at radius 3 is 2.17 bits per heavy atom. The molecule has 3 aromatic carbocycles. The highest BCUT2D eigenvalue weighted by atomic mass is 79.9. The van der Waals surface area contributed by atoms with Crippen LogP contribution < -0.4 is 10.1 Å². The van der Waals surface area contributed by atoms with E-state index in [1.165, 1.54) is 0 Å². The minimum absolute atomic E-state index is 0.151. The Balaban J connectivity index is 1.90. The third-order valence-corrected chi connectivity index (χ3v) is 6.31. The van der Waals surface area contributed by atoms with Gasteiger partial charge in [0, 0.05) is 24.0 Å². The zero-order chi connectivity index (χ0) is 26.1. The molecular weight excluding hydrogens is 516 g/mol. The average molecular weight is 552 g/mol. The molecule has 1 N–H and O–H groups in total. The molecule has 5 nitrogen and oxygen atoms in total. The molecule has 0 aliphatic heterocycles. The van der Waals surface area contributed by atoms with Crippen LogP contribution in [0.4, 0.5) is 0 Å². The van der Waals surface area contributed by atoms with Gasteiger partial charge in [0.1, 0.15) is 11.8 Å². The van der Waals surface area contributed by atoms with E-state index in [4.69, 9.17) is 4.74 Å². The van der Waals surface area contributed by atoms with Gasteiger partial charge >= 0.3 is 0 Å². The minimum Gasteiger partial charge on any atom is -0.484 e. The molecule has 0 aromatic heterocycles. The van der Waals surface area contributed by atoms with Crippen molar-refractivity contribution in [2.45, 2.75) is 46.7 Å². The van der Waals surface area contributed by atoms with Crippen molar-refractivity contribution in [2.24, 2.45) is 5.92 Å². The van der Waals surface area contributed by atoms with Gasteiger partial charge in [-0.25, -0.2) is 0 Å². The molecule has 0 aliphatic rings. The molecule has 2 amide bonds. The lowest BCUT2D eigenvalue weighted by Gasteiger charge is -2.31. The van der Waals surface area contributed by atoms with Gasteiger partial charge in [0.05, 0.1) is 0 Å². The van der Waals surface area contributed by atoms with Crippen molar-refractivity contribution in [3.63, 3.8) is 0 Å². The van der Waals surface area contributed by atoms with Crippen LogP contribution in [0.3, 0.4) is 0 Å². The van der Waals surface area contributed by atoms with Crippen molar-refractivity contribution in [1.82, 2.24) is 10.2 Å². The van der Waals surface area contributed by atoms with Gasteiger partial charge in [-0.15, -0.1) is 0 Å². The van der Waals surface area contributed by atoms with Crippen molar-refractivity contribution < 1.29 is 14.3 Å². The number of halogens is 1. The molecule has 6 heteroatoms. The zero-order valence-electron chi connectivity index (χ0n) is 21.5. The van der Waals surface area contributed by atoms with Crippen LogP contribution in [0.2, 0.25) is 0 Å². The van der Waals surface area contributed by atoms with Crippen molar-refractivity contribution in [3.05, 3.63) is 99.5 Å². The van der Waals surface area contributed by atoms with Crippen LogP contribution in [0.15, 0.2) is 77.3 Å². The normalized spacial score (nSPS) is 11.7. The van der Waals surface area contributed by atoms with Crippen LogP contribution in [0.1, 0.15) is 36.1 Å². The summed E-state index contributed by atoms with van der Waals surface area (Å²) in [7, 11) is 0. The summed E-state index contributed by atoms with van der Waals surface area (Å²) in [6.07, 6.45) is 0.413. The van der Waals surface area contributed by atoms with Crippen LogP contribution in [-0.4, -0.2) is 35.9 Å². The van der Waals surface area contributed by atoms with Gasteiger partial charge < -0.3 is 15.0 Å². The molecule has 0 fully saturated rings. The van der Waals surface area contributed by atoms with Crippen molar-refractivity contribution in [2.75, 3.05) is 13.2 Å². The van der Waals surface area contributed by atoms with Crippen LogP contribution in [0, 0.1) is 19.8 Å². The van der Waals surface area contributed by atoms with E-state index in [1.54, 1.807) is 4.90 Å². The molecule has 0 aliphatic carbocycles. The molecule has 3 rings (SSSR count). The van der Waals surface area contributed by atoms with E-state index in [0.29, 0.717) is 31.2 Å². The SMILES string of the molecule is Cc1cc(C)cc(OCC(=O)N(Cc2ccc(Br)cc2)[C@H](Cc2ccccc2)C(=O)NCC(C)C)c1. The summed E-state index contributed by atoms with van der Waals surface area (Å²) in [6, 6.07) is 22.8. The fourth-order valence-corrected chi connectivity index (χ4v) is 4.27. The summed E-state index contributed by atoms with van der Waals surface area (Å²) >= 11 is 3.47. The predicted octanol–water partition coefficient (Wildman–Crippen LogP) is 5.86. The number of hydrogen-bond donors (Lipinski definition) is 1. The third-order valence-electron chi connectivity index (χ3n) is 5.78. The summed E-state index contributed by atoms with van der Waals surface area (Å²) in [5, 5.41) is 3.04. The quantitative estimate of drug-likeness (QED) is 0.325. The van der Waals surface area contributed by atoms with Gasteiger partial charge in [-0.1, -0.05) is 78.3 Å². The standard InChI is InChI=1S/C30H35BrN2O3/c1-21(2)18-32-30(35)28(17-24-8-6-5-7-9-24)33(19-25-10-12-26(31)13-11-25)29(34)20-36-27-15-22(3)14-23(4)16-27/h5-16,21,28H,17-20H2,1-4H3,(H,32,35)/t28-/m1/s1. The number of carbonyl (C=O) groups is 2. The van der Waals surface area contributed by atoms with E-state index < -0.39 is 6.04 Å². The number of carbonyl (C=O) groups excluding carboxylic acids is 2. The van der Waals surface area contributed by atoms with Crippen LogP contribution >= 0.6 is 15.9 Å².